The highest BCUT2D eigenvalue weighted by atomic mass is 16.7. The van der Waals surface area contributed by atoms with E-state index in [-0.39, 0.29) is 30.2 Å². The molecule has 1 atom stereocenters. The monoisotopic (exact) mass is 252 g/mol. The number of ether oxygens (including phenoxy) is 1. The molecule has 1 saturated heterocycles. The fraction of sp³-hybridized carbons (Fsp3) is 0.769. The van der Waals surface area contributed by atoms with E-state index in [0.29, 0.717) is 12.8 Å². The molecule has 0 bridgehead atoms. The summed E-state index contributed by atoms with van der Waals surface area (Å²) >= 11 is 0. The molecule has 0 saturated carbocycles. The molecule has 1 aliphatic carbocycles. The van der Waals surface area contributed by atoms with E-state index in [1.807, 2.05) is 33.8 Å². The molecular weight excluding hydrogens is 231 g/mol. The standard InChI is InChI=1S/C13H21BO4/c1-12(2)13(3,4)18-14(17-12)10-7-6-9(8-10)11(15)16-5/h7,9H,6,8H2,1-5H3/t9-/m1/s1. The van der Waals surface area contributed by atoms with E-state index < -0.39 is 0 Å². The normalized spacial score (nSPS) is 29.3. The van der Waals surface area contributed by atoms with Crippen LogP contribution in [0.1, 0.15) is 40.5 Å². The van der Waals surface area contributed by atoms with Gasteiger partial charge in [0.2, 0.25) is 0 Å². The van der Waals surface area contributed by atoms with Gasteiger partial charge in [-0.15, -0.1) is 0 Å². The van der Waals surface area contributed by atoms with Gasteiger partial charge in [-0.2, -0.15) is 0 Å². The summed E-state index contributed by atoms with van der Waals surface area (Å²) < 4.78 is 16.7. The van der Waals surface area contributed by atoms with Gasteiger partial charge in [0.1, 0.15) is 0 Å². The maximum Gasteiger partial charge on any atom is 0.490 e. The average molecular weight is 252 g/mol. The van der Waals surface area contributed by atoms with Gasteiger partial charge in [-0.1, -0.05) is 6.08 Å². The van der Waals surface area contributed by atoms with E-state index in [1.165, 1.54) is 7.11 Å². The highest BCUT2D eigenvalue weighted by molar-refractivity contribution is 6.54. The summed E-state index contributed by atoms with van der Waals surface area (Å²) in [5.74, 6) is -0.234. The third-order valence-corrected chi connectivity index (χ3v) is 4.24. The zero-order valence-electron chi connectivity index (χ0n) is 11.8. The van der Waals surface area contributed by atoms with E-state index in [0.717, 1.165) is 5.47 Å². The first-order valence-electron chi connectivity index (χ1n) is 6.39. The number of allylic oxidation sites excluding steroid dienone is 2. The van der Waals surface area contributed by atoms with Crippen LogP contribution in [0.25, 0.3) is 0 Å². The van der Waals surface area contributed by atoms with E-state index in [4.69, 9.17) is 14.0 Å². The van der Waals surface area contributed by atoms with Crippen LogP contribution in [0.2, 0.25) is 0 Å². The fourth-order valence-electron chi connectivity index (χ4n) is 2.28. The van der Waals surface area contributed by atoms with Gasteiger partial charge in [0, 0.05) is 0 Å². The van der Waals surface area contributed by atoms with Crippen molar-refractivity contribution < 1.29 is 18.8 Å². The molecule has 1 heterocycles. The Kier molecular flexibility index (Phi) is 3.32. The number of rotatable bonds is 2. The first kappa shape index (κ1) is 13.6. The van der Waals surface area contributed by atoms with Gasteiger partial charge in [0.25, 0.3) is 0 Å². The van der Waals surface area contributed by atoms with Crippen LogP contribution in [0.4, 0.5) is 0 Å². The zero-order valence-corrected chi connectivity index (χ0v) is 11.8. The minimum atomic E-state index is -0.331. The number of carbonyl (C=O) groups excluding carboxylic acids is 1. The smallest absolute Gasteiger partial charge is 0.469 e. The molecule has 0 aromatic rings. The summed E-state index contributed by atoms with van der Waals surface area (Å²) in [7, 11) is 1.10. The Morgan fingerprint density at radius 2 is 1.89 bits per heavy atom. The third-order valence-electron chi connectivity index (χ3n) is 4.24. The van der Waals surface area contributed by atoms with Crippen molar-refractivity contribution in [1.82, 2.24) is 0 Å². The van der Waals surface area contributed by atoms with Gasteiger partial charge in [-0.3, -0.25) is 4.79 Å². The lowest BCUT2D eigenvalue weighted by atomic mass is 9.77. The highest BCUT2D eigenvalue weighted by Crippen LogP contribution is 2.41. The summed E-state index contributed by atoms with van der Waals surface area (Å²) in [4.78, 5) is 11.5. The number of hydrogen-bond donors (Lipinski definition) is 0. The van der Waals surface area contributed by atoms with Crippen LogP contribution in [0, 0.1) is 5.92 Å². The summed E-state index contributed by atoms with van der Waals surface area (Å²) in [6, 6.07) is 0. The molecule has 1 fully saturated rings. The lowest BCUT2D eigenvalue weighted by Gasteiger charge is -2.32. The van der Waals surface area contributed by atoms with E-state index in [1.54, 1.807) is 0 Å². The van der Waals surface area contributed by atoms with Crippen LogP contribution < -0.4 is 0 Å². The van der Waals surface area contributed by atoms with E-state index in [9.17, 15) is 4.79 Å². The van der Waals surface area contributed by atoms with Gasteiger partial charge in [-0.25, -0.2) is 0 Å². The Labute approximate surface area is 109 Å². The molecule has 0 amide bonds. The minimum absolute atomic E-state index is 0.0796. The van der Waals surface area contributed by atoms with Crippen LogP contribution in [0.3, 0.4) is 0 Å². The second-order valence-corrected chi connectivity index (χ2v) is 6.03. The Morgan fingerprint density at radius 3 is 2.39 bits per heavy atom. The second kappa shape index (κ2) is 4.39. The van der Waals surface area contributed by atoms with Crippen LogP contribution in [-0.4, -0.2) is 31.4 Å². The van der Waals surface area contributed by atoms with Gasteiger partial charge < -0.3 is 14.0 Å². The van der Waals surface area contributed by atoms with Crippen molar-refractivity contribution in [2.45, 2.75) is 51.7 Å². The Hall–Kier alpha value is -0.805. The molecule has 0 aromatic carbocycles. The predicted octanol–water partition coefficient (Wildman–Crippen LogP) is 2.13. The molecule has 0 radical (unpaired) electrons. The average Bonchev–Trinajstić information content (AvgIpc) is 2.82. The minimum Gasteiger partial charge on any atom is -0.469 e. The molecule has 1 aliphatic heterocycles. The first-order valence-corrected chi connectivity index (χ1v) is 6.39. The van der Waals surface area contributed by atoms with Crippen molar-refractivity contribution in [3.8, 4) is 0 Å². The molecule has 100 valence electrons. The lowest BCUT2D eigenvalue weighted by Crippen LogP contribution is -2.41. The third kappa shape index (κ3) is 2.21. The van der Waals surface area contributed by atoms with Crippen molar-refractivity contribution in [2.75, 3.05) is 7.11 Å². The molecule has 0 unspecified atom stereocenters. The zero-order chi connectivity index (χ0) is 13.6. The van der Waals surface area contributed by atoms with Gasteiger partial charge in [-0.05, 0) is 46.0 Å². The molecular formula is C13H21BO4. The summed E-state index contributed by atoms with van der Waals surface area (Å²) in [5, 5.41) is 0. The van der Waals surface area contributed by atoms with Crippen molar-refractivity contribution in [2.24, 2.45) is 5.92 Å². The number of hydrogen-bond acceptors (Lipinski definition) is 4. The maximum absolute atomic E-state index is 11.5. The molecule has 2 aliphatic rings. The topological polar surface area (TPSA) is 44.8 Å². The van der Waals surface area contributed by atoms with E-state index in [2.05, 4.69) is 0 Å². The van der Waals surface area contributed by atoms with Crippen molar-refractivity contribution in [3.63, 3.8) is 0 Å². The molecule has 5 heteroatoms. The SMILES string of the molecule is COC(=O)[C@@H]1CC=C(B2OC(C)(C)C(C)(C)O2)C1. The summed E-state index contributed by atoms with van der Waals surface area (Å²) in [6.07, 6.45) is 3.43. The Balaban J connectivity index is 2.02. The summed E-state index contributed by atoms with van der Waals surface area (Å²) in [6.45, 7) is 8.11. The van der Waals surface area contributed by atoms with Gasteiger partial charge in [0.15, 0.2) is 0 Å². The van der Waals surface area contributed by atoms with Gasteiger partial charge in [0.05, 0.1) is 24.2 Å². The fourth-order valence-corrected chi connectivity index (χ4v) is 2.28. The molecule has 0 N–H and O–H groups in total. The first-order chi connectivity index (χ1) is 8.27. The van der Waals surface area contributed by atoms with Crippen LogP contribution in [0.15, 0.2) is 11.5 Å². The second-order valence-electron chi connectivity index (χ2n) is 6.03. The molecule has 4 nitrogen and oxygen atoms in total. The number of esters is 1. The number of methoxy groups -OCH3 is 1. The quantitative estimate of drug-likeness (QED) is 0.557. The number of carbonyl (C=O) groups is 1. The van der Waals surface area contributed by atoms with Gasteiger partial charge >= 0.3 is 13.1 Å². The van der Waals surface area contributed by atoms with Crippen LogP contribution >= 0.6 is 0 Å². The lowest BCUT2D eigenvalue weighted by molar-refractivity contribution is -0.145. The molecule has 0 spiro atoms. The Bertz CT molecular complexity index is 370. The Morgan fingerprint density at radius 1 is 1.33 bits per heavy atom. The largest absolute Gasteiger partial charge is 0.490 e. The molecule has 18 heavy (non-hydrogen) atoms. The van der Waals surface area contributed by atoms with Crippen molar-refractivity contribution in [1.29, 1.82) is 0 Å². The van der Waals surface area contributed by atoms with Crippen molar-refractivity contribution in [3.05, 3.63) is 11.5 Å². The van der Waals surface area contributed by atoms with Crippen LogP contribution in [-0.2, 0) is 18.8 Å². The molecule has 2 rings (SSSR count). The van der Waals surface area contributed by atoms with E-state index >= 15 is 0 Å². The summed E-state index contributed by atoms with van der Waals surface area (Å²) in [5.41, 5.74) is 0.396. The molecule has 0 aromatic heterocycles. The van der Waals surface area contributed by atoms with Crippen LogP contribution in [0.5, 0.6) is 0 Å². The highest BCUT2D eigenvalue weighted by Gasteiger charge is 2.53. The predicted molar refractivity (Wildman–Crippen MR) is 68.9 cm³/mol. The maximum atomic E-state index is 11.5. The van der Waals surface area contributed by atoms with Crippen molar-refractivity contribution >= 4 is 13.1 Å².